The van der Waals surface area contributed by atoms with Gasteiger partial charge in [0.1, 0.15) is 11.3 Å². The van der Waals surface area contributed by atoms with Crippen LogP contribution in [-0.2, 0) is 0 Å². The monoisotopic (exact) mass is 224 g/mol. The molecular formula is C14H12N2O. The number of carbonyl (C=O) groups is 1. The molecule has 3 heteroatoms. The summed E-state index contributed by atoms with van der Waals surface area (Å²) in [6.45, 7) is 3.92. The van der Waals surface area contributed by atoms with Gasteiger partial charge in [-0.1, -0.05) is 11.6 Å². The molecule has 1 aromatic carbocycles. The van der Waals surface area contributed by atoms with Gasteiger partial charge in [0.25, 0.3) is 0 Å². The van der Waals surface area contributed by atoms with Crippen LogP contribution in [0.5, 0.6) is 0 Å². The zero-order chi connectivity index (χ0) is 12.0. The van der Waals surface area contributed by atoms with E-state index in [1.807, 2.05) is 35.6 Å². The van der Waals surface area contributed by atoms with Gasteiger partial charge in [0, 0.05) is 0 Å². The van der Waals surface area contributed by atoms with Crippen LogP contribution in [0.15, 0.2) is 30.3 Å². The maximum absolute atomic E-state index is 11.2. The fourth-order valence-electron chi connectivity index (χ4n) is 2.24. The first-order valence-corrected chi connectivity index (χ1v) is 5.54. The summed E-state index contributed by atoms with van der Waals surface area (Å²) in [5.41, 5.74) is 4.46. The highest BCUT2D eigenvalue weighted by Gasteiger charge is 2.10. The van der Waals surface area contributed by atoms with Crippen LogP contribution in [0.25, 0.3) is 16.6 Å². The topological polar surface area (TPSA) is 34.4 Å². The second-order valence-electron chi connectivity index (χ2n) is 4.29. The molecule has 0 unspecified atom stereocenters. The minimum atomic E-state index is 0.634. The van der Waals surface area contributed by atoms with E-state index >= 15 is 0 Å². The Balaban J connectivity index is 2.57. The first kappa shape index (κ1) is 10.0. The van der Waals surface area contributed by atoms with Crippen LogP contribution < -0.4 is 0 Å². The highest BCUT2D eigenvalue weighted by atomic mass is 16.1. The zero-order valence-electron chi connectivity index (χ0n) is 9.77. The number of benzene rings is 1. The van der Waals surface area contributed by atoms with E-state index in [1.54, 1.807) is 0 Å². The van der Waals surface area contributed by atoms with Crippen molar-refractivity contribution in [3.63, 3.8) is 0 Å². The summed E-state index contributed by atoms with van der Waals surface area (Å²) in [5.74, 6) is 0. The summed E-state index contributed by atoms with van der Waals surface area (Å²) in [5, 5.41) is 1.12. The van der Waals surface area contributed by atoms with E-state index in [-0.39, 0.29) is 0 Å². The molecule has 3 rings (SSSR count). The number of nitrogens with zero attached hydrogens (tertiary/aromatic N) is 2. The molecule has 0 spiro atoms. The van der Waals surface area contributed by atoms with E-state index in [0.717, 1.165) is 28.5 Å². The van der Waals surface area contributed by atoms with Crippen LogP contribution in [0.3, 0.4) is 0 Å². The lowest BCUT2D eigenvalue weighted by molar-refractivity contribution is 0.111. The molecule has 2 heterocycles. The van der Waals surface area contributed by atoms with E-state index in [4.69, 9.17) is 0 Å². The van der Waals surface area contributed by atoms with Gasteiger partial charge in [-0.05, 0) is 43.5 Å². The Bertz CT molecular complexity index is 741. The van der Waals surface area contributed by atoms with Crippen molar-refractivity contribution in [3.05, 3.63) is 47.3 Å². The van der Waals surface area contributed by atoms with Gasteiger partial charge in [-0.25, -0.2) is 4.98 Å². The minimum Gasteiger partial charge on any atom is -0.296 e. The Labute approximate surface area is 98.7 Å². The van der Waals surface area contributed by atoms with Crippen LogP contribution in [0.2, 0.25) is 0 Å². The third kappa shape index (κ3) is 1.35. The normalized spacial score (nSPS) is 11.2. The van der Waals surface area contributed by atoms with Gasteiger partial charge in [0.05, 0.1) is 11.2 Å². The van der Waals surface area contributed by atoms with E-state index in [2.05, 4.69) is 18.0 Å². The van der Waals surface area contributed by atoms with E-state index < -0.39 is 0 Å². The molecule has 0 N–H and O–H groups in total. The molecule has 0 aliphatic heterocycles. The standard InChI is InChI=1S/C14H12N2O/c1-9-3-5-12-11(7-9)4-6-14-15-10(2)13(8-17)16(12)14/h3-8H,1-2H3. The van der Waals surface area contributed by atoms with E-state index in [0.29, 0.717) is 5.69 Å². The van der Waals surface area contributed by atoms with Crippen molar-refractivity contribution >= 4 is 22.8 Å². The Morgan fingerprint density at radius 3 is 2.76 bits per heavy atom. The molecule has 0 amide bonds. The van der Waals surface area contributed by atoms with Crippen LogP contribution in [-0.4, -0.2) is 15.7 Å². The molecule has 0 atom stereocenters. The number of aryl methyl sites for hydroxylation is 2. The van der Waals surface area contributed by atoms with Crippen molar-refractivity contribution in [2.24, 2.45) is 0 Å². The number of imidazole rings is 1. The molecule has 17 heavy (non-hydrogen) atoms. The quantitative estimate of drug-likeness (QED) is 0.595. The zero-order valence-corrected chi connectivity index (χ0v) is 9.77. The van der Waals surface area contributed by atoms with Gasteiger partial charge in [-0.3, -0.25) is 9.20 Å². The molecule has 3 aromatic rings. The number of rotatable bonds is 1. The van der Waals surface area contributed by atoms with Crippen LogP contribution in [0, 0.1) is 13.8 Å². The smallest absolute Gasteiger partial charge is 0.168 e. The molecule has 0 aliphatic carbocycles. The highest BCUT2D eigenvalue weighted by molar-refractivity contribution is 5.87. The number of hydrogen-bond donors (Lipinski definition) is 0. The second kappa shape index (κ2) is 3.42. The first-order valence-electron chi connectivity index (χ1n) is 5.54. The average molecular weight is 224 g/mol. The van der Waals surface area contributed by atoms with Gasteiger partial charge in [0.15, 0.2) is 6.29 Å². The molecule has 0 aliphatic rings. The third-order valence-corrected chi connectivity index (χ3v) is 3.07. The summed E-state index contributed by atoms with van der Waals surface area (Å²) < 4.78 is 1.91. The second-order valence-corrected chi connectivity index (χ2v) is 4.29. The number of carbonyl (C=O) groups excluding carboxylic acids is 1. The summed E-state index contributed by atoms with van der Waals surface area (Å²) in [6.07, 6.45) is 0.870. The molecule has 0 radical (unpaired) electrons. The summed E-state index contributed by atoms with van der Waals surface area (Å²) in [6, 6.07) is 10.2. The van der Waals surface area contributed by atoms with Gasteiger partial charge in [-0.2, -0.15) is 0 Å². The maximum atomic E-state index is 11.2. The Morgan fingerprint density at radius 1 is 1.18 bits per heavy atom. The molecule has 84 valence electrons. The molecule has 0 bridgehead atoms. The number of aldehydes is 1. The van der Waals surface area contributed by atoms with Crippen molar-refractivity contribution in [2.45, 2.75) is 13.8 Å². The van der Waals surface area contributed by atoms with Crippen molar-refractivity contribution in [1.29, 1.82) is 0 Å². The predicted molar refractivity (Wildman–Crippen MR) is 67.6 cm³/mol. The lowest BCUT2D eigenvalue weighted by atomic mass is 10.1. The summed E-state index contributed by atoms with van der Waals surface area (Å²) in [7, 11) is 0. The molecule has 0 saturated heterocycles. The van der Waals surface area contributed by atoms with E-state index in [9.17, 15) is 4.79 Å². The van der Waals surface area contributed by atoms with E-state index in [1.165, 1.54) is 5.56 Å². The van der Waals surface area contributed by atoms with Crippen LogP contribution >= 0.6 is 0 Å². The van der Waals surface area contributed by atoms with Gasteiger partial charge >= 0.3 is 0 Å². The fourth-order valence-corrected chi connectivity index (χ4v) is 2.24. The lowest BCUT2D eigenvalue weighted by Gasteiger charge is -2.04. The number of fused-ring (bicyclic) bond motifs is 3. The molecule has 0 fully saturated rings. The first-order chi connectivity index (χ1) is 8.20. The number of aromatic nitrogens is 2. The fraction of sp³-hybridized carbons (Fsp3) is 0.143. The Morgan fingerprint density at radius 2 is 2.00 bits per heavy atom. The molecule has 2 aromatic heterocycles. The van der Waals surface area contributed by atoms with Gasteiger partial charge in [0.2, 0.25) is 0 Å². The minimum absolute atomic E-state index is 0.634. The third-order valence-electron chi connectivity index (χ3n) is 3.07. The summed E-state index contributed by atoms with van der Waals surface area (Å²) in [4.78, 5) is 15.5. The predicted octanol–water partition coefficient (Wildman–Crippen LogP) is 2.92. The largest absolute Gasteiger partial charge is 0.296 e. The lowest BCUT2D eigenvalue weighted by Crippen LogP contribution is -1.94. The van der Waals surface area contributed by atoms with Crippen molar-refractivity contribution < 1.29 is 4.79 Å². The van der Waals surface area contributed by atoms with Crippen LogP contribution in [0.4, 0.5) is 0 Å². The SMILES string of the molecule is Cc1ccc2c(ccc3nc(C)c(C=O)n32)c1. The maximum Gasteiger partial charge on any atom is 0.168 e. The van der Waals surface area contributed by atoms with Crippen molar-refractivity contribution in [3.8, 4) is 0 Å². The molecule has 3 nitrogen and oxygen atoms in total. The summed E-state index contributed by atoms with van der Waals surface area (Å²) >= 11 is 0. The number of pyridine rings is 1. The Hall–Kier alpha value is -2.16. The average Bonchev–Trinajstić information content (AvgIpc) is 2.64. The highest BCUT2D eigenvalue weighted by Crippen LogP contribution is 2.21. The van der Waals surface area contributed by atoms with Crippen molar-refractivity contribution in [1.82, 2.24) is 9.38 Å². The van der Waals surface area contributed by atoms with Gasteiger partial charge in [-0.15, -0.1) is 0 Å². The molecular weight excluding hydrogens is 212 g/mol. The van der Waals surface area contributed by atoms with Gasteiger partial charge < -0.3 is 0 Å². The number of hydrogen-bond acceptors (Lipinski definition) is 2. The van der Waals surface area contributed by atoms with Crippen LogP contribution in [0.1, 0.15) is 21.7 Å². The molecule has 0 saturated carbocycles. The Kier molecular flexibility index (Phi) is 2.01. The van der Waals surface area contributed by atoms with Crippen molar-refractivity contribution in [2.75, 3.05) is 0 Å².